The Morgan fingerprint density at radius 1 is 1.05 bits per heavy atom. The molecule has 1 aromatic carbocycles. The first-order valence-electron chi connectivity index (χ1n) is 7.77. The molecule has 3 rings (SSSR count). The Morgan fingerprint density at radius 3 is 2.40 bits per heavy atom. The standard InChI is InChI=1S/C17H23NO2/c19-16(20)14-5-4-6-15(13-14)18-11-9-17(10-12-18)7-2-1-3-8-17/h4-6,13H,1-3,7-12H2,(H,19,20). The fourth-order valence-corrected chi connectivity index (χ4v) is 3.88. The number of hydrogen-bond acceptors (Lipinski definition) is 2. The molecule has 0 aromatic heterocycles. The summed E-state index contributed by atoms with van der Waals surface area (Å²) in [6.07, 6.45) is 9.54. The summed E-state index contributed by atoms with van der Waals surface area (Å²) in [6.45, 7) is 2.14. The van der Waals surface area contributed by atoms with E-state index in [1.807, 2.05) is 12.1 Å². The zero-order chi connectivity index (χ0) is 14.0. The topological polar surface area (TPSA) is 40.5 Å². The molecule has 1 saturated carbocycles. The van der Waals surface area contributed by atoms with Gasteiger partial charge in [-0.25, -0.2) is 4.79 Å². The van der Waals surface area contributed by atoms with Gasteiger partial charge >= 0.3 is 5.97 Å². The van der Waals surface area contributed by atoms with Crippen LogP contribution in [-0.4, -0.2) is 24.2 Å². The van der Waals surface area contributed by atoms with Crippen LogP contribution in [0.1, 0.15) is 55.3 Å². The third kappa shape index (κ3) is 2.67. The highest BCUT2D eigenvalue weighted by atomic mass is 16.4. The zero-order valence-electron chi connectivity index (χ0n) is 12.0. The van der Waals surface area contributed by atoms with Crippen LogP contribution >= 0.6 is 0 Å². The molecule has 1 heterocycles. The van der Waals surface area contributed by atoms with Crippen molar-refractivity contribution in [1.29, 1.82) is 0 Å². The Hall–Kier alpha value is -1.51. The average Bonchev–Trinajstić information content (AvgIpc) is 2.49. The van der Waals surface area contributed by atoms with E-state index in [-0.39, 0.29) is 0 Å². The first kappa shape index (κ1) is 13.5. The Bertz CT molecular complexity index is 482. The van der Waals surface area contributed by atoms with Crippen molar-refractivity contribution in [3.8, 4) is 0 Å². The van der Waals surface area contributed by atoms with E-state index >= 15 is 0 Å². The van der Waals surface area contributed by atoms with Gasteiger partial charge in [-0.1, -0.05) is 25.3 Å². The van der Waals surface area contributed by atoms with Crippen LogP contribution in [0.25, 0.3) is 0 Å². The molecule has 0 amide bonds. The molecular weight excluding hydrogens is 250 g/mol. The lowest BCUT2D eigenvalue weighted by Gasteiger charge is -2.45. The van der Waals surface area contributed by atoms with Crippen LogP contribution in [0.15, 0.2) is 24.3 Å². The normalized spacial score (nSPS) is 21.9. The molecule has 20 heavy (non-hydrogen) atoms. The van der Waals surface area contributed by atoms with E-state index in [0.29, 0.717) is 11.0 Å². The van der Waals surface area contributed by atoms with Crippen molar-refractivity contribution < 1.29 is 9.90 Å². The summed E-state index contributed by atoms with van der Waals surface area (Å²) in [7, 11) is 0. The van der Waals surface area contributed by atoms with Gasteiger partial charge in [0.25, 0.3) is 0 Å². The Balaban J connectivity index is 1.68. The van der Waals surface area contributed by atoms with Crippen LogP contribution in [0.5, 0.6) is 0 Å². The highest BCUT2D eigenvalue weighted by molar-refractivity contribution is 5.88. The number of piperidine rings is 1. The molecule has 1 aliphatic carbocycles. The Labute approximate surface area is 120 Å². The smallest absolute Gasteiger partial charge is 0.335 e. The largest absolute Gasteiger partial charge is 0.478 e. The van der Waals surface area contributed by atoms with E-state index in [4.69, 9.17) is 5.11 Å². The van der Waals surface area contributed by atoms with Gasteiger partial charge < -0.3 is 10.0 Å². The highest BCUT2D eigenvalue weighted by Crippen LogP contribution is 2.45. The van der Waals surface area contributed by atoms with Gasteiger partial charge in [-0.2, -0.15) is 0 Å². The molecule has 3 heteroatoms. The molecule has 0 unspecified atom stereocenters. The van der Waals surface area contributed by atoms with E-state index < -0.39 is 5.97 Å². The lowest BCUT2D eigenvalue weighted by molar-refractivity contribution is 0.0697. The summed E-state index contributed by atoms with van der Waals surface area (Å²) in [5, 5.41) is 9.09. The molecular formula is C17H23NO2. The van der Waals surface area contributed by atoms with Crippen LogP contribution in [0.3, 0.4) is 0 Å². The number of carboxylic acids is 1. The fourth-order valence-electron chi connectivity index (χ4n) is 3.88. The number of carboxylic acid groups (broad SMARTS) is 1. The summed E-state index contributed by atoms with van der Waals surface area (Å²) in [6, 6.07) is 7.36. The van der Waals surface area contributed by atoms with E-state index in [2.05, 4.69) is 4.90 Å². The van der Waals surface area contributed by atoms with Crippen molar-refractivity contribution in [1.82, 2.24) is 0 Å². The van der Waals surface area contributed by atoms with Crippen LogP contribution in [0.4, 0.5) is 5.69 Å². The second-order valence-electron chi connectivity index (χ2n) is 6.40. The van der Waals surface area contributed by atoms with Crippen molar-refractivity contribution in [3.05, 3.63) is 29.8 Å². The van der Waals surface area contributed by atoms with Crippen molar-refractivity contribution in [2.24, 2.45) is 5.41 Å². The first-order chi connectivity index (χ1) is 9.69. The molecule has 0 radical (unpaired) electrons. The number of anilines is 1. The monoisotopic (exact) mass is 273 g/mol. The summed E-state index contributed by atoms with van der Waals surface area (Å²) < 4.78 is 0. The minimum absolute atomic E-state index is 0.389. The first-order valence-corrected chi connectivity index (χ1v) is 7.77. The molecule has 0 atom stereocenters. The second kappa shape index (κ2) is 5.47. The van der Waals surface area contributed by atoms with E-state index in [1.165, 1.54) is 44.9 Å². The van der Waals surface area contributed by atoms with Gasteiger partial charge in [-0.3, -0.25) is 0 Å². The fraction of sp³-hybridized carbons (Fsp3) is 0.588. The van der Waals surface area contributed by atoms with E-state index in [1.54, 1.807) is 12.1 Å². The molecule has 1 saturated heterocycles. The average molecular weight is 273 g/mol. The predicted octanol–water partition coefficient (Wildman–Crippen LogP) is 3.94. The Kier molecular flexibility index (Phi) is 3.68. The number of aromatic carboxylic acids is 1. The van der Waals surface area contributed by atoms with Gasteiger partial charge in [0.05, 0.1) is 5.56 Å². The van der Waals surface area contributed by atoms with Gasteiger partial charge in [-0.05, 0) is 49.3 Å². The van der Waals surface area contributed by atoms with Crippen LogP contribution < -0.4 is 4.90 Å². The van der Waals surface area contributed by atoms with Gasteiger partial charge in [0.15, 0.2) is 0 Å². The highest BCUT2D eigenvalue weighted by Gasteiger charge is 2.35. The number of nitrogens with zero attached hydrogens (tertiary/aromatic N) is 1. The van der Waals surface area contributed by atoms with E-state index in [0.717, 1.165) is 18.8 Å². The van der Waals surface area contributed by atoms with Crippen LogP contribution in [0.2, 0.25) is 0 Å². The summed E-state index contributed by atoms with van der Waals surface area (Å²) in [5.41, 5.74) is 2.05. The molecule has 1 aromatic rings. The van der Waals surface area contributed by atoms with Gasteiger partial charge in [0.2, 0.25) is 0 Å². The zero-order valence-corrected chi connectivity index (χ0v) is 12.0. The van der Waals surface area contributed by atoms with Crippen molar-refractivity contribution in [2.75, 3.05) is 18.0 Å². The quantitative estimate of drug-likeness (QED) is 0.887. The number of carbonyl (C=O) groups is 1. The molecule has 108 valence electrons. The van der Waals surface area contributed by atoms with Gasteiger partial charge in [0, 0.05) is 18.8 Å². The van der Waals surface area contributed by atoms with Crippen LogP contribution in [0, 0.1) is 5.41 Å². The van der Waals surface area contributed by atoms with Crippen molar-refractivity contribution in [2.45, 2.75) is 44.9 Å². The number of hydrogen-bond donors (Lipinski definition) is 1. The van der Waals surface area contributed by atoms with E-state index in [9.17, 15) is 4.79 Å². The maximum atomic E-state index is 11.1. The van der Waals surface area contributed by atoms with Crippen molar-refractivity contribution >= 4 is 11.7 Å². The lowest BCUT2D eigenvalue weighted by atomic mass is 9.68. The lowest BCUT2D eigenvalue weighted by Crippen LogP contribution is -2.41. The van der Waals surface area contributed by atoms with Gasteiger partial charge in [0.1, 0.15) is 0 Å². The summed E-state index contributed by atoms with van der Waals surface area (Å²) in [4.78, 5) is 13.4. The SMILES string of the molecule is O=C(O)c1cccc(N2CCC3(CCCCC3)CC2)c1. The molecule has 1 aliphatic heterocycles. The summed E-state index contributed by atoms with van der Waals surface area (Å²) in [5.74, 6) is -0.840. The molecule has 1 spiro atoms. The van der Waals surface area contributed by atoms with Gasteiger partial charge in [-0.15, -0.1) is 0 Å². The maximum absolute atomic E-state index is 11.1. The third-order valence-electron chi connectivity index (χ3n) is 5.20. The van der Waals surface area contributed by atoms with Crippen LogP contribution in [-0.2, 0) is 0 Å². The summed E-state index contributed by atoms with van der Waals surface area (Å²) >= 11 is 0. The molecule has 1 N–H and O–H groups in total. The molecule has 3 nitrogen and oxygen atoms in total. The van der Waals surface area contributed by atoms with Crippen molar-refractivity contribution in [3.63, 3.8) is 0 Å². The Morgan fingerprint density at radius 2 is 1.75 bits per heavy atom. The predicted molar refractivity (Wildman–Crippen MR) is 80.4 cm³/mol. The minimum atomic E-state index is -0.840. The molecule has 2 aliphatic rings. The second-order valence-corrected chi connectivity index (χ2v) is 6.40. The molecule has 2 fully saturated rings. The minimum Gasteiger partial charge on any atom is -0.478 e. The maximum Gasteiger partial charge on any atom is 0.335 e. The molecule has 0 bridgehead atoms. The third-order valence-corrected chi connectivity index (χ3v) is 5.20. The number of rotatable bonds is 2. The number of benzene rings is 1.